The number of nitrogens with zero attached hydrogens (tertiary/aromatic N) is 2. The minimum atomic E-state index is -0.0706. The molecule has 0 spiro atoms. The van der Waals surface area contributed by atoms with E-state index < -0.39 is 0 Å². The van der Waals surface area contributed by atoms with Crippen LogP contribution >= 0.6 is 15.9 Å². The van der Waals surface area contributed by atoms with Crippen molar-refractivity contribution in [1.29, 1.82) is 0 Å². The quantitative estimate of drug-likeness (QED) is 0.730. The Morgan fingerprint density at radius 3 is 2.64 bits per heavy atom. The monoisotopic (exact) mass is 408 g/mol. The van der Waals surface area contributed by atoms with Crippen LogP contribution in [0.1, 0.15) is 17.0 Å². The molecule has 1 saturated heterocycles. The number of halogens is 1. The molecular formula is C18H21BrN2O4. The van der Waals surface area contributed by atoms with Crippen LogP contribution in [-0.2, 0) is 16.1 Å². The van der Waals surface area contributed by atoms with E-state index in [2.05, 4.69) is 38.9 Å². The van der Waals surface area contributed by atoms with Gasteiger partial charge in [0.2, 0.25) is 11.8 Å². The molecule has 1 aromatic carbocycles. The Kier molecular flexibility index (Phi) is 6.23. The summed E-state index contributed by atoms with van der Waals surface area (Å²) in [7, 11) is 0. The van der Waals surface area contributed by atoms with Crippen LogP contribution in [-0.4, -0.2) is 42.5 Å². The highest BCUT2D eigenvalue weighted by Crippen LogP contribution is 2.20. The van der Waals surface area contributed by atoms with Gasteiger partial charge in [0.1, 0.15) is 25.1 Å². The molecule has 1 unspecified atom stereocenters. The standard InChI is InChI=1S/C18H21BrN2O4/c1-12-7-15(19)4-3-14(12)9-24-17-8-18(21-13(2)20-17)25-11-16-10-22-5-6-23-16/h3-4,7-8,16H,5-6,9-11H2,1-2H3. The van der Waals surface area contributed by atoms with Crippen molar-refractivity contribution < 1.29 is 18.9 Å². The van der Waals surface area contributed by atoms with E-state index in [9.17, 15) is 0 Å². The molecule has 2 aromatic rings. The zero-order chi connectivity index (χ0) is 17.6. The third-order valence-electron chi connectivity index (χ3n) is 3.77. The van der Waals surface area contributed by atoms with Crippen molar-refractivity contribution in [3.8, 4) is 11.8 Å². The summed E-state index contributed by atoms with van der Waals surface area (Å²) in [5.41, 5.74) is 2.26. The normalized spacial score (nSPS) is 17.3. The van der Waals surface area contributed by atoms with Gasteiger partial charge in [-0.3, -0.25) is 0 Å². The van der Waals surface area contributed by atoms with E-state index in [-0.39, 0.29) is 6.10 Å². The van der Waals surface area contributed by atoms with Gasteiger partial charge in [-0.15, -0.1) is 0 Å². The van der Waals surface area contributed by atoms with E-state index in [1.54, 1.807) is 6.07 Å². The van der Waals surface area contributed by atoms with E-state index in [0.29, 0.717) is 50.6 Å². The van der Waals surface area contributed by atoms with Gasteiger partial charge in [-0.05, 0) is 37.1 Å². The van der Waals surface area contributed by atoms with Crippen molar-refractivity contribution in [2.45, 2.75) is 26.6 Å². The number of hydrogen-bond donors (Lipinski definition) is 0. The lowest BCUT2D eigenvalue weighted by Crippen LogP contribution is -2.33. The molecule has 134 valence electrons. The molecule has 1 aliphatic rings. The molecule has 6 nitrogen and oxygen atoms in total. The molecule has 1 aromatic heterocycles. The van der Waals surface area contributed by atoms with E-state index in [4.69, 9.17) is 18.9 Å². The first-order chi connectivity index (χ1) is 12.1. The van der Waals surface area contributed by atoms with Crippen LogP contribution in [0.25, 0.3) is 0 Å². The zero-order valence-electron chi connectivity index (χ0n) is 14.3. The maximum absolute atomic E-state index is 5.82. The minimum absolute atomic E-state index is 0.0706. The van der Waals surface area contributed by atoms with Crippen molar-refractivity contribution in [3.63, 3.8) is 0 Å². The maximum atomic E-state index is 5.82. The largest absolute Gasteiger partial charge is 0.475 e. The highest BCUT2D eigenvalue weighted by atomic mass is 79.9. The molecule has 1 aliphatic heterocycles. The number of rotatable bonds is 6. The second kappa shape index (κ2) is 8.60. The van der Waals surface area contributed by atoms with Crippen LogP contribution < -0.4 is 9.47 Å². The first kappa shape index (κ1) is 18.1. The van der Waals surface area contributed by atoms with Gasteiger partial charge in [0.05, 0.1) is 25.9 Å². The van der Waals surface area contributed by atoms with Gasteiger partial charge in [-0.2, -0.15) is 9.97 Å². The Hall–Kier alpha value is -1.70. The van der Waals surface area contributed by atoms with Crippen LogP contribution in [0.4, 0.5) is 0 Å². The lowest BCUT2D eigenvalue weighted by Gasteiger charge is -2.22. The van der Waals surface area contributed by atoms with Crippen molar-refractivity contribution in [1.82, 2.24) is 9.97 Å². The maximum Gasteiger partial charge on any atom is 0.220 e. The predicted octanol–water partition coefficient (Wildman–Crippen LogP) is 3.23. The summed E-state index contributed by atoms with van der Waals surface area (Å²) in [6, 6.07) is 7.79. The average molecular weight is 409 g/mol. The lowest BCUT2D eigenvalue weighted by atomic mass is 10.1. The summed E-state index contributed by atoms with van der Waals surface area (Å²) < 4.78 is 23.5. The Bertz CT molecular complexity index is 720. The number of aromatic nitrogens is 2. The molecule has 0 N–H and O–H groups in total. The van der Waals surface area contributed by atoms with Gasteiger partial charge in [0.25, 0.3) is 0 Å². The van der Waals surface area contributed by atoms with Gasteiger partial charge in [0.15, 0.2) is 0 Å². The van der Waals surface area contributed by atoms with Crippen LogP contribution in [0.15, 0.2) is 28.7 Å². The topological polar surface area (TPSA) is 62.7 Å². The number of ether oxygens (including phenoxy) is 4. The van der Waals surface area contributed by atoms with Gasteiger partial charge in [-0.25, -0.2) is 0 Å². The van der Waals surface area contributed by atoms with Gasteiger partial charge >= 0.3 is 0 Å². The molecule has 1 fully saturated rings. The molecule has 2 heterocycles. The van der Waals surface area contributed by atoms with Gasteiger partial charge in [0, 0.05) is 4.47 Å². The van der Waals surface area contributed by atoms with Crippen molar-refractivity contribution in [2.75, 3.05) is 26.4 Å². The van der Waals surface area contributed by atoms with E-state index in [1.165, 1.54) is 0 Å². The number of aryl methyl sites for hydroxylation is 2. The van der Waals surface area contributed by atoms with Gasteiger partial charge in [-0.1, -0.05) is 22.0 Å². The SMILES string of the molecule is Cc1nc(OCc2ccc(Br)cc2C)cc(OCC2COCCO2)n1. The Morgan fingerprint density at radius 1 is 1.12 bits per heavy atom. The summed E-state index contributed by atoms with van der Waals surface area (Å²) in [6.45, 7) is 6.46. The number of hydrogen-bond acceptors (Lipinski definition) is 6. The second-order valence-electron chi connectivity index (χ2n) is 5.83. The Balaban J connectivity index is 1.60. The molecule has 0 amide bonds. The number of benzene rings is 1. The average Bonchev–Trinajstić information content (AvgIpc) is 2.60. The Morgan fingerprint density at radius 2 is 1.92 bits per heavy atom. The summed E-state index contributed by atoms with van der Waals surface area (Å²) in [5, 5.41) is 0. The third kappa shape index (κ3) is 5.39. The molecule has 0 saturated carbocycles. The lowest BCUT2D eigenvalue weighted by molar-refractivity contribution is -0.102. The molecule has 3 rings (SSSR count). The molecule has 25 heavy (non-hydrogen) atoms. The highest BCUT2D eigenvalue weighted by Gasteiger charge is 2.16. The summed E-state index contributed by atoms with van der Waals surface area (Å²) >= 11 is 3.46. The zero-order valence-corrected chi connectivity index (χ0v) is 15.9. The first-order valence-electron chi connectivity index (χ1n) is 8.16. The van der Waals surface area contributed by atoms with E-state index >= 15 is 0 Å². The Labute approximate surface area is 155 Å². The molecule has 1 atom stereocenters. The first-order valence-corrected chi connectivity index (χ1v) is 8.95. The summed E-state index contributed by atoms with van der Waals surface area (Å²) in [4.78, 5) is 8.60. The van der Waals surface area contributed by atoms with Crippen molar-refractivity contribution >= 4 is 15.9 Å². The summed E-state index contributed by atoms with van der Waals surface area (Å²) in [5.74, 6) is 1.57. The minimum Gasteiger partial charge on any atom is -0.475 e. The van der Waals surface area contributed by atoms with Crippen molar-refractivity contribution in [2.24, 2.45) is 0 Å². The smallest absolute Gasteiger partial charge is 0.220 e. The molecule has 0 aliphatic carbocycles. The van der Waals surface area contributed by atoms with Crippen LogP contribution in [0, 0.1) is 13.8 Å². The molecular weight excluding hydrogens is 388 g/mol. The fourth-order valence-electron chi connectivity index (χ4n) is 2.45. The van der Waals surface area contributed by atoms with Crippen LogP contribution in [0.3, 0.4) is 0 Å². The fraction of sp³-hybridized carbons (Fsp3) is 0.444. The summed E-state index contributed by atoms with van der Waals surface area (Å²) in [6.07, 6.45) is -0.0706. The highest BCUT2D eigenvalue weighted by molar-refractivity contribution is 9.10. The van der Waals surface area contributed by atoms with Crippen molar-refractivity contribution in [3.05, 3.63) is 45.7 Å². The predicted molar refractivity (Wildman–Crippen MR) is 96.0 cm³/mol. The van der Waals surface area contributed by atoms with Gasteiger partial charge < -0.3 is 18.9 Å². The van der Waals surface area contributed by atoms with E-state index in [0.717, 1.165) is 15.6 Å². The van der Waals surface area contributed by atoms with Crippen LogP contribution in [0.2, 0.25) is 0 Å². The third-order valence-corrected chi connectivity index (χ3v) is 4.27. The fourth-order valence-corrected chi connectivity index (χ4v) is 2.92. The van der Waals surface area contributed by atoms with E-state index in [1.807, 2.05) is 19.1 Å². The molecule has 0 bridgehead atoms. The molecule has 0 radical (unpaired) electrons. The second-order valence-corrected chi connectivity index (χ2v) is 6.75. The van der Waals surface area contributed by atoms with Crippen LogP contribution in [0.5, 0.6) is 11.8 Å². The molecule has 7 heteroatoms.